The fourth-order valence-electron chi connectivity index (χ4n) is 2.40. The third kappa shape index (κ3) is 4.52. The third-order valence-corrected chi connectivity index (χ3v) is 4.68. The van der Waals surface area contributed by atoms with Gasteiger partial charge in [-0.2, -0.15) is 0 Å². The molecule has 0 fully saturated rings. The van der Waals surface area contributed by atoms with Gasteiger partial charge in [0, 0.05) is 10.5 Å². The van der Waals surface area contributed by atoms with Crippen LogP contribution in [0.5, 0.6) is 5.75 Å². The van der Waals surface area contributed by atoms with Crippen LogP contribution in [0.4, 0.5) is 4.79 Å². The summed E-state index contributed by atoms with van der Waals surface area (Å²) in [5.74, 6) is 0.887. The topological polar surface area (TPSA) is 35.5 Å². The average Bonchev–Trinajstić information content (AvgIpc) is 2.56. The number of ether oxygens (including phenoxy) is 2. The molecule has 0 aliphatic rings. The van der Waals surface area contributed by atoms with Gasteiger partial charge >= 0.3 is 5.30 Å². The largest absolute Gasteiger partial charge is 0.489 e. The summed E-state index contributed by atoms with van der Waals surface area (Å²) in [5.41, 5.74) is 4.69. The standard InChI is InChI=1S/C19H22O3S/c1-5-15-10-14(3)17(11-13(15)2)22-12-16-8-6-7-9-18(16)23-19(20)21-4/h6-11H,5,12H2,1-4H3. The van der Waals surface area contributed by atoms with Gasteiger partial charge in [0.15, 0.2) is 0 Å². The molecule has 0 aliphatic heterocycles. The molecule has 2 aromatic carbocycles. The molecule has 4 heteroatoms. The Kier molecular flexibility index (Phi) is 6.11. The van der Waals surface area contributed by atoms with Crippen molar-refractivity contribution in [1.29, 1.82) is 0 Å². The molecule has 0 heterocycles. The molecule has 2 rings (SSSR count). The molecule has 0 aromatic heterocycles. The van der Waals surface area contributed by atoms with E-state index in [0.717, 1.165) is 40.0 Å². The van der Waals surface area contributed by atoms with Gasteiger partial charge in [0.1, 0.15) is 12.4 Å². The summed E-state index contributed by atoms with van der Waals surface area (Å²) in [4.78, 5) is 12.3. The fraction of sp³-hybridized carbons (Fsp3) is 0.316. The van der Waals surface area contributed by atoms with Gasteiger partial charge in [-0.3, -0.25) is 0 Å². The molecule has 3 nitrogen and oxygen atoms in total. The Balaban J connectivity index is 2.15. The van der Waals surface area contributed by atoms with Gasteiger partial charge in [-0.25, -0.2) is 4.79 Å². The number of aryl methyl sites for hydroxylation is 3. The summed E-state index contributed by atoms with van der Waals surface area (Å²) < 4.78 is 10.7. The van der Waals surface area contributed by atoms with Crippen LogP contribution in [0.1, 0.15) is 29.2 Å². The third-order valence-electron chi connectivity index (χ3n) is 3.73. The lowest BCUT2D eigenvalue weighted by Crippen LogP contribution is -2.01. The summed E-state index contributed by atoms with van der Waals surface area (Å²) >= 11 is 1.08. The van der Waals surface area contributed by atoms with E-state index in [9.17, 15) is 4.79 Å². The second kappa shape index (κ2) is 8.06. The first-order chi connectivity index (χ1) is 11.0. The van der Waals surface area contributed by atoms with Crippen molar-refractivity contribution in [3.8, 4) is 5.75 Å². The fourth-order valence-corrected chi connectivity index (χ4v) is 3.06. The summed E-state index contributed by atoms with van der Waals surface area (Å²) in [6.45, 7) is 6.74. The average molecular weight is 330 g/mol. The molecule has 0 bridgehead atoms. The molecular weight excluding hydrogens is 308 g/mol. The molecule has 0 saturated heterocycles. The van der Waals surface area contributed by atoms with Crippen LogP contribution in [0, 0.1) is 13.8 Å². The molecule has 0 N–H and O–H groups in total. The highest BCUT2D eigenvalue weighted by atomic mass is 32.2. The van der Waals surface area contributed by atoms with Crippen LogP contribution in [0.2, 0.25) is 0 Å². The second-order valence-corrected chi connectivity index (χ2v) is 6.33. The number of benzene rings is 2. The Morgan fingerprint density at radius 2 is 1.83 bits per heavy atom. The van der Waals surface area contributed by atoms with Crippen molar-refractivity contribution in [1.82, 2.24) is 0 Å². The molecule has 0 spiro atoms. The summed E-state index contributed by atoms with van der Waals surface area (Å²) in [5, 5.41) is -0.322. The van der Waals surface area contributed by atoms with Crippen LogP contribution in [-0.2, 0) is 17.8 Å². The minimum atomic E-state index is -0.322. The van der Waals surface area contributed by atoms with E-state index in [4.69, 9.17) is 9.47 Å². The van der Waals surface area contributed by atoms with Gasteiger partial charge in [0.2, 0.25) is 0 Å². The number of hydrogen-bond acceptors (Lipinski definition) is 4. The van der Waals surface area contributed by atoms with Gasteiger partial charge in [-0.15, -0.1) is 0 Å². The Morgan fingerprint density at radius 3 is 2.52 bits per heavy atom. The molecule has 122 valence electrons. The monoisotopic (exact) mass is 330 g/mol. The van der Waals surface area contributed by atoms with Crippen molar-refractivity contribution in [3.05, 3.63) is 58.7 Å². The first kappa shape index (κ1) is 17.4. The molecular formula is C19H22O3S. The maximum atomic E-state index is 11.5. The van der Waals surface area contributed by atoms with Crippen molar-refractivity contribution in [2.45, 2.75) is 38.7 Å². The number of thioether (sulfide) groups is 1. The number of hydrogen-bond donors (Lipinski definition) is 0. The van der Waals surface area contributed by atoms with Crippen molar-refractivity contribution in [2.24, 2.45) is 0 Å². The van der Waals surface area contributed by atoms with Crippen LogP contribution >= 0.6 is 11.8 Å². The van der Waals surface area contributed by atoms with E-state index in [-0.39, 0.29) is 5.30 Å². The predicted octanol–water partition coefficient (Wildman–Crippen LogP) is 5.30. The van der Waals surface area contributed by atoms with Gasteiger partial charge in [-0.05, 0) is 60.9 Å². The van der Waals surface area contributed by atoms with E-state index in [0.29, 0.717) is 6.61 Å². The van der Waals surface area contributed by atoms with E-state index in [1.807, 2.05) is 24.3 Å². The minimum absolute atomic E-state index is 0.322. The Labute approximate surface area is 142 Å². The highest BCUT2D eigenvalue weighted by Gasteiger charge is 2.10. The van der Waals surface area contributed by atoms with Crippen molar-refractivity contribution in [2.75, 3.05) is 7.11 Å². The second-order valence-electron chi connectivity index (χ2n) is 5.35. The highest BCUT2D eigenvalue weighted by molar-refractivity contribution is 8.13. The Hall–Kier alpha value is -1.94. The van der Waals surface area contributed by atoms with Crippen LogP contribution < -0.4 is 4.74 Å². The number of rotatable bonds is 5. The normalized spacial score (nSPS) is 10.4. The van der Waals surface area contributed by atoms with Crippen LogP contribution in [0.3, 0.4) is 0 Å². The molecule has 0 atom stereocenters. The number of methoxy groups -OCH3 is 1. The molecule has 0 aliphatic carbocycles. The molecule has 0 saturated carbocycles. The van der Waals surface area contributed by atoms with Crippen LogP contribution in [0.25, 0.3) is 0 Å². The summed E-state index contributed by atoms with van der Waals surface area (Å²) in [7, 11) is 1.38. The van der Waals surface area contributed by atoms with Crippen LogP contribution in [0.15, 0.2) is 41.3 Å². The summed E-state index contributed by atoms with van der Waals surface area (Å²) in [6.07, 6.45) is 1.02. The first-order valence-electron chi connectivity index (χ1n) is 7.61. The van der Waals surface area contributed by atoms with Crippen molar-refractivity contribution >= 4 is 17.1 Å². The van der Waals surface area contributed by atoms with Crippen molar-refractivity contribution < 1.29 is 14.3 Å². The molecule has 0 radical (unpaired) electrons. The van der Waals surface area contributed by atoms with Gasteiger partial charge in [0.05, 0.1) is 7.11 Å². The van der Waals surface area contributed by atoms with E-state index >= 15 is 0 Å². The molecule has 0 unspecified atom stereocenters. The molecule has 2 aromatic rings. The van der Waals surface area contributed by atoms with Gasteiger partial charge in [-0.1, -0.05) is 31.2 Å². The molecule has 0 amide bonds. The molecule has 23 heavy (non-hydrogen) atoms. The van der Waals surface area contributed by atoms with E-state index < -0.39 is 0 Å². The highest BCUT2D eigenvalue weighted by Crippen LogP contribution is 2.28. The van der Waals surface area contributed by atoms with Gasteiger partial charge < -0.3 is 9.47 Å². The Morgan fingerprint density at radius 1 is 1.09 bits per heavy atom. The smallest absolute Gasteiger partial charge is 0.371 e. The van der Waals surface area contributed by atoms with E-state index in [2.05, 4.69) is 32.9 Å². The van der Waals surface area contributed by atoms with Crippen LogP contribution in [-0.4, -0.2) is 12.4 Å². The lowest BCUT2D eigenvalue weighted by molar-refractivity contribution is 0.200. The zero-order chi connectivity index (χ0) is 16.8. The lowest BCUT2D eigenvalue weighted by atomic mass is 10.0. The van der Waals surface area contributed by atoms with E-state index in [1.54, 1.807) is 0 Å². The van der Waals surface area contributed by atoms with Crippen molar-refractivity contribution in [3.63, 3.8) is 0 Å². The zero-order valence-electron chi connectivity index (χ0n) is 14.0. The minimum Gasteiger partial charge on any atom is -0.489 e. The SMILES string of the molecule is CCc1cc(C)c(OCc2ccccc2SC(=O)OC)cc1C. The lowest BCUT2D eigenvalue weighted by Gasteiger charge is -2.14. The zero-order valence-corrected chi connectivity index (χ0v) is 14.8. The quantitative estimate of drug-likeness (QED) is 0.550. The first-order valence-corrected chi connectivity index (χ1v) is 8.43. The van der Waals surface area contributed by atoms with Gasteiger partial charge in [0.25, 0.3) is 0 Å². The van der Waals surface area contributed by atoms with E-state index in [1.165, 1.54) is 18.2 Å². The maximum Gasteiger partial charge on any atom is 0.371 e. The Bertz CT molecular complexity index is 695. The number of carbonyl (C=O) groups is 1. The summed E-state index contributed by atoms with van der Waals surface area (Å²) in [6, 6.07) is 12.0. The number of carbonyl (C=O) groups excluding carboxylic acids is 1. The predicted molar refractivity (Wildman–Crippen MR) is 94.3 cm³/mol. The maximum absolute atomic E-state index is 11.5.